The number of carbonyl (C=O) groups is 3. The minimum absolute atomic E-state index is 0.0833. The lowest BCUT2D eigenvalue weighted by Gasteiger charge is -2.48. The Bertz CT molecular complexity index is 1330. The Labute approximate surface area is 228 Å². The third kappa shape index (κ3) is 5.47. The summed E-state index contributed by atoms with van der Waals surface area (Å²) in [6.07, 6.45) is -0.751. The molecule has 0 radical (unpaired) electrons. The summed E-state index contributed by atoms with van der Waals surface area (Å²) >= 11 is -1.63. The summed E-state index contributed by atoms with van der Waals surface area (Å²) in [7, 11) is 1.34. The topological polar surface area (TPSA) is 117 Å². The van der Waals surface area contributed by atoms with Gasteiger partial charge in [-0.15, -0.1) is 0 Å². The number of esters is 1. The van der Waals surface area contributed by atoms with E-state index in [2.05, 4.69) is 5.32 Å². The van der Waals surface area contributed by atoms with E-state index in [4.69, 9.17) is 14.2 Å². The van der Waals surface area contributed by atoms with Gasteiger partial charge in [0.1, 0.15) is 5.75 Å². The van der Waals surface area contributed by atoms with E-state index in [1.807, 2.05) is 66.7 Å². The van der Waals surface area contributed by atoms with Crippen LogP contribution in [0.4, 0.5) is 0 Å². The van der Waals surface area contributed by atoms with Crippen molar-refractivity contribution in [1.29, 1.82) is 0 Å². The Morgan fingerprint density at radius 3 is 2.10 bits per heavy atom. The van der Waals surface area contributed by atoms with E-state index in [1.165, 1.54) is 7.11 Å². The Morgan fingerprint density at radius 1 is 0.974 bits per heavy atom. The summed E-state index contributed by atoms with van der Waals surface area (Å²) < 4.78 is 29.8. The normalized spacial score (nSPS) is 20.1. The monoisotopic (exact) mass is 546 g/mol. The highest BCUT2D eigenvalue weighted by Gasteiger charge is 2.62. The molecule has 0 spiro atoms. The minimum atomic E-state index is -1.63. The number of carbonyl (C=O) groups excluding carboxylic acids is 3. The van der Waals surface area contributed by atoms with Crippen LogP contribution in [0.25, 0.3) is 0 Å². The lowest BCUT2D eigenvalue weighted by molar-refractivity contribution is -0.155. The van der Waals surface area contributed by atoms with Gasteiger partial charge in [0.2, 0.25) is 5.37 Å². The van der Waals surface area contributed by atoms with Crippen LogP contribution in [0.1, 0.15) is 17.2 Å². The maximum atomic E-state index is 13.6. The number of nitrogens with zero attached hydrogens (tertiary/aromatic N) is 1. The molecule has 2 amide bonds. The maximum Gasteiger partial charge on any atom is 0.359 e. The third-order valence-electron chi connectivity index (χ3n) is 6.39. The molecule has 0 aliphatic carbocycles. The first-order valence-electron chi connectivity index (χ1n) is 12.2. The summed E-state index contributed by atoms with van der Waals surface area (Å²) in [6, 6.07) is 26.1. The number of nitrogens with one attached hydrogen (secondary N) is 1. The molecule has 1 unspecified atom stereocenters. The van der Waals surface area contributed by atoms with E-state index in [0.717, 1.165) is 16.0 Å². The largest absolute Gasteiger partial charge is 0.614 e. The van der Waals surface area contributed by atoms with Crippen molar-refractivity contribution in [2.24, 2.45) is 0 Å². The van der Waals surface area contributed by atoms with Gasteiger partial charge in [-0.25, -0.2) is 4.79 Å². The average molecular weight is 547 g/mol. The number of ether oxygens (including phenoxy) is 3. The molecule has 39 heavy (non-hydrogen) atoms. The van der Waals surface area contributed by atoms with Crippen molar-refractivity contribution < 1.29 is 33.1 Å². The van der Waals surface area contributed by atoms with E-state index in [0.29, 0.717) is 5.75 Å². The quantitative estimate of drug-likeness (QED) is 0.249. The standard InChI is InChI=1S/C29H26N2O7S/c1-36-22-18-39(35)28-24(30-23(32)17-37-21-15-9-4-10-16-21)27(33)31(28)25(22)29(34)38-26(19-11-5-2-6-12-19)20-13-7-3-8-14-20/h2-16,24,26,28H,17-18H2,1H3,(H,30,32)/t24-,28+,39?/m1/s1. The molecule has 9 nitrogen and oxygen atoms in total. The van der Waals surface area contributed by atoms with Crippen molar-refractivity contribution in [1.82, 2.24) is 10.2 Å². The first kappa shape index (κ1) is 26.3. The fourth-order valence-electron chi connectivity index (χ4n) is 4.52. The van der Waals surface area contributed by atoms with Crippen LogP contribution in [0.5, 0.6) is 5.75 Å². The van der Waals surface area contributed by atoms with Gasteiger partial charge in [0.15, 0.2) is 36.0 Å². The molecular formula is C29H26N2O7S. The van der Waals surface area contributed by atoms with Crippen molar-refractivity contribution in [3.05, 3.63) is 114 Å². The number of amides is 2. The Morgan fingerprint density at radius 2 is 1.54 bits per heavy atom. The highest BCUT2D eigenvalue weighted by atomic mass is 32.2. The second kappa shape index (κ2) is 11.6. The van der Waals surface area contributed by atoms with Crippen molar-refractivity contribution in [2.45, 2.75) is 17.5 Å². The molecule has 5 rings (SSSR count). The number of hydrogen-bond acceptors (Lipinski definition) is 7. The van der Waals surface area contributed by atoms with E-state index in [-0.39, 0.29) is 23.8 Å². The highest BCUT2D eigenvalue weighted by molar-refractivity contribution is 7.92. The van der Waals surface area contributed by atoms with Gasteiger partial charge in [0, 0.05) is 0 Å². The molecule has 3 atom stereocenters. The number of hydrogen-bond donors (Lipinski definition) is 1. The molecule has 3 aromatic carbocycles. The molecule has 0 saturated carbocycles. The van der Waals surface area contributed by atoms with Gasteiger partial charge in [-0.05, 0) is 34.4 Å². The zero-order chi connectivity index (χ0) is 27.4. The van der Waals surface area contributed by atoms with Gasteiger partial charge < -0.3 is 24.1 Å². The van der Waals surface area contributed by atoms with Crippen LogP contribution in [0.15, 0.2) is 102 Å². The number of methoxy groups -OCH3 is 1. The third-order valence-corrected chi connectivity index (χ3v) is 7.96. The SMILES string of the molecule is COC1=C(C(=O)OC(c2ccccc2)c2ccccc2)N2C(=O)[C@@H](NC(=O)COc3ccccc3)[C@@H]2[S+]([O-])C1. The predicted molar refractivity (Wildman–Crippen MR) is 142 cm³/mol. The molecule has 1 fully saturated rings. The summed E-state index contributed by atoms with van der Waals surface area (Å²) in [4.78, 5) is 40.4. The average Bonchev–Trinajstić information content (AvgIpc) is 2.98. The molecule has 2 heterocycles. The zero-order valence-corrected chi connectivity index (χ0v) is 21.8. The summed E-state index contributed by atoms with van der Waals surface area (Å²) in [6.45, 7) is -0.322. The van der Waals surface area contributed by atoms with Crippen LogP contribution in [-0.2, 0) is 35.0 Å². The van der Waals surface area contributed by atoms with Gasteiger partial charge in [0.25, 0.3) is 11.8 Å². The lowest BCUT2D eigenvalue weighted by atomic mass is 10.0. The predicted octanol–water partition coefficient (Wildman–Crippen LogP) is 2.67. The summed E-state index contributed by atoms with van der Waals surface area (Å²) in [5, 5.41) is 1.65. The minimum Gasteiger partial charge on any atom is -0.614 e. The molecule has 2 aliphatic heterocycles. The molecule has 1 N–H and O–H groups in total. The molecule has 0 aromatic heterocycles. The lowest BCUT2D eigenvalue weighted by Crippen LogP contribution is -2.75. The van der Waals surface area contributed by atoms with Crippen molar-refractivity contribution in [3.63, 3.8) is 0 Å². The summed E-state index contributed by atoms with van der Waals surface area (Å²) in [5.74, 6) is -1.45. The second-order valence-electron chi connectivity index (χ2n) is 8.85. The highest BCUT2D eigenvalue weighted by Crippen LogP contribution is 2.38. The molecule has 0 bridgehead atoms. The Kier molecular flexibility index (Phi) is 7.85. The van der Waals surface area contributed by atoms with Gasteiger partial charge in [-0.2, -0.15) is 0 Å². The number of para-hydroxylation sites is 1. The van der Waals surface area contributed by atoms with Gasteiger partial charge >= 0.3 is 5.97 Å². The smallest absolute Gasteiger partial charge is 0.359 e. The van der Waals surface area contributed by atoms with Crippen LogP contribution in [0, 0.1) is 0 Å². The van der Waals surface area contributed by atoms with E-state index < -0.39 is 46.5 Å². The fraction of sp³-hybridized carbons (Fsp3) is 0.207. The van der Waals surface area contributed by atoms with Gasteiger partial charge in [-0.1, -0.05) is 78.9 Å². The van der Waals surface area contributed by atoms with Gasteiger partial charge in [0.05, 0.1) is 7.11 Å². The van der Waals surface area contributed by atoms with Crippen LogP contribution >= 0.6 is 0 Å². The van der Waals surface area contributed by atoms with E-state index in [1.54, 1.807) is 24.3 Å². The maximum absolute atomic E-state index is 13.6. The van der Waals surface area contributed by atoms with E-state index >= 15 is 0 Å². The molecule has 2 aliphatic rings. The molecule has 1 saturated heterocycles. The molecule has 3 aromatic rings. The molecule has 10 heteroatoms. The van der Waals surface area contributed by atoms with E-state index in [9.17, 15) is 18.9 Å². The van der Waals surface area contributed by atoms with Crippen molar-refractivity contribution >= 4 is 29.0 Å². The number of rotatable bonds is 9. The van der Waals surface area contributed by atoms with Crippen LogP contribution in [-0.4, -0.2) is 58.1 Å². The zero-order valence-electron chi connectivity index (χ0n) is 21.0. The van der Waals surface area contributed by atoms with Crippen LogP contribution in [0.3, 0.4) is 0 Å². The summed E-state index contributed by atoms with van der Waals surface area (Å²) in [5.41, 5.74) is 1.37. The van der Waals surface area contributed by atoms with Crippen LogP contribution < -0.4 is 10.1 Å². The Hall–Kier alpha value is -4.28. The van der Waals surface area contributed by atoms with Crippen LogP contribution in [0.2, 0.25) is 0 Å². The first-order valence-corrected chi connectivity index (χ1v) is 13.6. The Balaban J connectivity index is 1.34. The molecule has 200 valence electrons. The van der Waals surface area contributed by atoms with Crippen molar-refractivity contribution in [3.8, 4) is 5.75 Å². The number of β-lactam (4-membered cyclic amide) rings is 1. The molecular weight excluding hydrogens is 520 g/mol. The second-order valence-corrected chi connectivity index (χ2v) is 10.4. The number of benzene rings is 3. The first-order chi connectivity index (χ1) is 19.0. The van der Waals surface area contributed by atoms with Gasteiger partial charge in [-0.3, -0.25) is 14.5 Å². The van der Waals surface area contributed by atoms with Crippen molar-refractivity contribution in [2.75, 3.05) is 19.5 Å². The number of fused-ring (bicyclic) bond motifs is 1. The fourth-order valence-corrected chi connectivity index (χ4v) is 6.13.